The molecular formula is C20H27N3O3S. The highest BCUT2D eigenvalue weighted by Gasteiger charge is 2.22. The van der Waals surface area contributed by atoms with E-state index in [-0.39, 0.29) is 17.3 Å². The smallest absolute Gasteiger partial charge is 0.251 e. The molecule has 0 unspecified atom stereocenters. The Morgan fingerprint density at radius 1 is 1.00 bits per heavy atom. The molecular weight excluding hydrogens is 362 g/mol. The minimum Gasteiger partial charge on any atom is -0.352 e. The van der Waals surface area contributed by atoms with Crippen molar-refractivity contribution in [3.63, 3.8) is 0 Å². The highest BCUT2D eigenvalue weighted by atomic mass is 32.2. The Kier molecular flexibility index (Phi) is 7.53. The van der Waals surface area contributed by atoms with Gasteiger partial charge in [-0.25, -0.2) is 8.42 Å². The first-order valence-electron chi connectivity index (χ1n) is 8.84. The van der Waals surface area contributed by atoms with Crippen LogP contribution in [0.1, 0.15) is 22.3 Å². The van der Waals surface area contributed by atoms with Gasteiger partial charge in [-0.2, -0.15) is 4.31 Å². The van der Waals surface area contributed by atoms with Gasteiger partial charge in [-0.3, -0.25) is 4.79 Å². The zero-order chi connectivity index (χ0) is 19.9. The minimum atomic E-state index is -3.68. The van der Waals surface area contributed by atoms with Crippen molar-refractivity contribution in [1.82, 2.24) is 14.5 Å². The lowest BCUT2D eigenvalue weighted by atomic mass is 10.2. The van der Waals surface area contributed by atoms with Gasteiger partial charge in [0.2, 0.25) is 10.0 Å². The third-order valence-corrected chi connectivity index (χ3v) is 5.92. The van der Waals surface area contributed by atoms with E-state index in [1.807, 2.05) is 49.3 Å². The molecule has 0 heterocycles. The molecule has 146 valence electrons. The molecule has 6 nitrogen and oxygen atoms in total. The second kappa shape index (κ2) is 9.64. The second-order valence-corrected chi connectivity index (χ2v) is 8.73. The largest absolute Gasteiger partial charge is 0.352 e. The number of benzene rings is 2. The fourth-order valence-corrected chi connectivity index (χ4v) is 3.81. The molecule has 0 saturated carbocycles. The van der Waals surface area contributed by atoms with Crippen LogP contribution in [-0.4, -0.2) is 57.8 Å². The Hall–Kier alpha value is -2.22. The molecule has 1 N–H and O–H groups in total. The van der Waals surface area contributed by atoms with Crippen molar-refractivity contribution in [2.24, 2.45) is 0 Å². The van der Waals surface area contributed by atoms with Crippen LogP contribution in [0.4, 0.5) is 0 Å². The monoisotopic (exact) mass is 389 g/mol. The van der Waals surface area contributed by atoms with Crippen molar-refractivity contribution in [1.29, 1.82) is 0 Å². The van der Waals surface area contributed by atoms with E-state index >= 15 is 0 Å². The minimum absolute atomic E-state index is 0.113. The summed E-state index contributed by atoms with van der Waals surface area (Å²) in [5, 5.41) is 2.83. The van der Waals surface area contributed by atoms with Crippen LogP contribution in [0.2, 0.25) is 0 Å². The van der Waals surface area contributed by atoms with E-state index in [4.69, 9.17) is 0 Å². The Morgan fingerprint density at radius 2 is 1.70 bits per heavy atom. The summed E-state index contributed by atoms with van der Waals surface area (Å²) in [4.78, 5) is 14.5. The lowest BCUT2D eigenvalue weighted by Crippen LogP contribution is -2.28. The summed E-state index contributed by atoms with van der Waals surface area (Å²) in [5.41, 5.74) is 1.24. The predicted molar refractivity (Wildman–Crippen MR) is 107 cm³/mol. The van der Waals surface area contributed by atoms with Crippen LogP contribution in [0.5, 0.6) is 0 Å². The zero-order valence-corrected chi connectivity index (χ0v) is 16.9. The van der Waals surface area contributed by atoms with Gasteiger partial charge in [-0.1, -0.05) is 36.4 Å². The Bertz CT molecular complexity index is 852. The molecule has 2 rings (SSSR count). The molecule has 0 radical (unpaired) electrons. The summed E-state index contributed by atoms with van der Waals surface area (Å²) in [5.74, 6) is -0.267. The normalized spacial score (nSPS) is 11.7. The average molecular weight is 390 g/mol. The lowest BCUT2D eigenvalue weighted by Gasteiger charge is -2.18. The van der Waals surface area contributed by atoms with Gasteiger partial charge in [-0.15, -0.1) is 0 Å². The number of carbonyl (C=O) groups is 1. The summed E-state index contributed by atoms with van der Waals surface area (Å²) in [6.07, 6.45) is 0.830. The molecule has 0 aliphatic rings. The van der Waals surface area contributed by atoms with Crippen LogP contribution in [0.25, 0.3) is 0 Å². The van der Waals surface area contributed by atoms with Gasteiger partial charge in [0.25, 0.3) is 5.91 Å². The van der Waals surface area contributed by atoms with Gasteiger partial charge in [-0.05, 0) is 50.8 Å². The maximum atomic E-state index is 12.8. The quantitative estimate of drug-likeness (QED) is 0.668. The van der Waals surface area contributed by atoms with Gasteiger partial charge in [0, 0.05) is 25.7 Å². The fourth-order valence-electron chi connectivity index (χ4n) is 2.60. The van der Waals surface area contributed by atoms with Gasteiger partial charge in [0.15, 0.2) is 0 Å². The molecule has 0 saturated heterocycles. The van der Waals surface area contributed by atoms with Crippen LogP contribution < -0.4 is 5.32 Å². The van der Waals surface area contributed by atoms with Gasteiger partial charge in [0.1, 0.15) is 0 Å². The summed E-state index contributed by atoms with van der Waals surface area (Å²) in [6.45, 7) is 1.69. The SMILES string of the molecule is CN(C)CCCNC(=O)c1cccc(S(=O)(=O)N(C)Cc2ccccc2)c1. The molecule has 0 fully saturated rings. The average Bonchev–Trinajstić information content (AvgIpc) is 2.65. The van der Waals surface area contributed by atoms with Crippen LogP contribution in [-0.2, 0) is 16.6 Å². The van der Waals surface area contributed by atoms with E-state index in [1.165, 1.54) is 23.5 Å². The predicted octanol–water partition coefficient (Wildman–Crippen LogP) is 2.19. The molecule has 0 bridgehead atoms. The third kappa shape index (κ3) is 6.16. The Labute approximate surface area is 161 Å². The zero-order valence-electron chi connectivity index (χ0n) is 16.1. The molecule has 0 spiro atoms. The van der Waals surface area contributed by atoms with Crippen molar-refractivity contribution in [2.45, 2.75) is 17.9 Å². The number of amides is 1. The van der Waals surface area contributed by atoms with E-state index in [0.29, 0.717) is 12.1 Å². The van der Waals surface area contributed by atoms with Gasteiger partial charge < -0.3 is 10.2 Å². The van der Waals surface area contributed by atoms with E-state index in [9.17, 15) is 13.2 Å². The van der Waals surface area contributed by atoms with Crippen LogP contribution >= 0.6 is 0 Å². The van der Waals surface area contributed by atoms with E-state index in [0.717, 1.165) is 18.5 Å². The van der Waals surface area contributed by atoms with E-state index in [1.54, 1.807) is 12.1 Å². The number of sulfonamides is 1. The van der Waals surface area contributed by atoms with Crippen molar-refractivity contribution >= 4 is 15.9 Å². The first-order chi connectivity index (χ1) is 12.8. The molecule has 1 amide bonds. The van der Waals surface area contributed by atoms with Crippen molar-refractivity contribution in [3.05, 3.63) is 65.7 Å². The Balaban J connectivity index is 2.07. The topological polar surface area (TPSA) is 69.7 Å². The van der Waals surface area contributed by atoms with Crippen LogP contribution in [0, 0.1) is 0 Å². The number of hydrogen-bond acceptors (Lipinski definition) is 4. The maximum Gasteiger partial charge on any atom is 0.251 e. The number of carbonyl (C=O) groups excluding carboxylic acids is 1. The molecule has 2 aromatic rings. The number of nitrogens with zero attached hydrogens (tertiary/aromatic N) is 2. The van der Waals surface area contributed by atoms with Crippen molar-refractivity contribution < 1.29 is 13.2 Å². The highest BCUT2D eigenvalue weighted by molar-refractivity contribution is 7.89. The molecule has 0 aromatic heterocycles. The fraction of sp³-hybridized carbons (Fsp3) is 0.350. The molecule has 0 aliphatic carbocycles. The highest BCUT2D eigenvalue weighted by Crippen LogP contribution is 2.18. The molecule has 27 heavy (non-hydrogen) atoms. The summed E-state index contributed by atoms with van der Waals surface area (Å²) in [7, 11) is 1.80. The van der Waals surface area contributed by atoms with E-state index in [2.05, 4.69) is 5.32 Å². The third-order valence-electron chi connectivity index (χ3n) is 4.12. The maximum absolute atomic E-state index is 12.8. The first-order valence-corrected chi connectivity index (χ1v) is 10.3. The molecule has 7 heteroatoms. The standard InChI is InChI=1S/C20H27N3O3S/c1-22(2)14-8-13-21-20(24)18-11-7-12-19(15-18)27(25,26)23(3)16-17-9-5-4-6-10-17/h4-7,9-12,15H,8,13-14,16H2,1-3H3,(H,21,24). The molecule has 0 aliphatic heterocycles. The van der Waals surface area contributed by atoms with Crippen molar-refractivity contribution in [2.75, 3.05) is 34.2 Å². The van der Waals surface area contributed by atoms with E-state index < -0.39 is 10.0 Å². The molecule has 0 atom stereocenters. The summed E-state index contributed by atoms with van der Waals surface area (Å²) in [6, 6.07) is 15.5. The Morgan fingerprint density at radius 3 is 2.37 bits per heavy atom. The number of nitrogens with one attached hydrogen (secondary N) is 1. The van der Waals surface area contributed by atoms with Gasteiger partial charge >= 0.3 is 0 Å². The van der Waals surface area contributed by atoms with Crippen LogP contribution in [0.3, 0.4) is 0 Å². The summed E-state index contributed by atoms with van der Waals surface area (Å²) < 4.78 is 27.0. The van der Waals surface area contributed by atoms with Crippen LogP contribution in [0.15, 0.2) is 59.5 Å². The number of rotatable bonds is 9. The number of hydrogen-bond donors (Lipinski definition) is 1. The first kappa shape index (κ1) is 21.1. The molecule has 2 aromatic carbocycles. The van der Waals surface area contributed by atoms with Crippen molar-refractivity contribution in [3.8, 4) is 0 Å². The summed E-state index contributed by atoms with van der Waals surface area (Å²) >= 11 is 0. The lowest BCUT2D eigenvalue weighted by molar-refractivity contribution is 0.0952. The second-order valence-electron chi connectivity index (χ2n) is 6.69. The van der Waals surface area contributed by atoms with Gasteiger partial charge in [0.05, 0.1) is 4.90 Å².